The first kappa shape index (κ1) is 12.4. The van der Waals surface area contributed by atoms with Crippen LogP contribution in [-0.4, -0.2) is 9.78 Å². The second kappa shape index (κ2) is 5.06. The SMILES string of the molecule is Cn1nccc1C(NN)c1cc(Cl)cc(Cl)c1. The summed E-state index contributed by atoms with van der Waals surface area (Å²) in [6.07, 6.45) is 1.71. The van der Waals surface area contributed by atoms with Crippen LogP contribution in [0.4, 0.5) is 0 Å². The summed E-state index contributed by atoms with van der Waals surface area (Å²) in [5.74, 6) is 5.59. The lowest BCUT2D eigenvalue weighted by Crippen LogP contribution is -2.30. The van der Waals surface area contributed by atoms with Crippen LogP contribution in [0.5, 0.6) is 0 Å². The van der Waals surface area contributed by atoms with Gasteiger partial charge in [-0.05, 0) is 29.8 Å². The summed E-state index contributed by atoms with van der Waals surface area (Å²) in [6, 6.07) is 7.03. The van der Waals surface area contributed by atoms with Gasteiger partial charge in [0.1, 0.15) is 0 Å². The van der Waals surface area contributed by atoms with Crippen molar-refractivity contribution in [1.29, 1.82) is 0 Å². The maximum Gasteiger partial charge on any atom is 0.0879 e. The van der Waals surface area contributed by atoms with Gasteiger partial charge in [0.05, 0.1) is 11.7 Å². The Balaban J connectivity index is 2.45. The lowest BCUT2D eigenvalue weighted by molar-refractivity contribution is 0.575. The Morgan fingerprint density at radius 1 is 1.29 bits per heavy atom. The van der Waals surface area contributed by atoms with Crippen molar-refractivity contribution in [3.63, 3.8) is 0 Å². The predicted octanol–water partition coefficient (Wildman–Crippen LogP) is 2.28. The first-order valence-corrected chi connectivity index (χ1v) is 5.77. The molecule has 6 heteroatoms. The zero-order chi connectivity index (χ0) is 12.4. The molecule has 1 heterocycles. The fourth-order valence-electron chi connectivity index (χ4n) is 1.76. The number of aromatic nitrogens is 2. The van der Waals surface area contributed by atoms with Gasteiger partial charge in [-0.25, -0.2) is 5.43 Å². The molecule has 2 rings (SSSR count). The van der Waals surface area contributed by atoms with E-state index in [1.54, 1.807) is 16.9 Å². The van der Waals surface area contributed by atoms with Crippen LogP contribution in [0.3, 0.4) is 0 Å². The highest BCUT2D eigenvalue weighted by atomic mass is 35.5. The van der Waals surface area contributed by atoms with Crippen LogP contribution in [-0.2, 0) is 7.05 Å². The van der Waals surface area contributed by atoms with Gasteiger partial charge in [0.2, 0.25) is 0 Å². The van der Waals surface area contributed by atoms with Gasteiger partial charge < -0.3 is 0 Å². The summed E-state index contributed by atoms with van der Waals surface area (Å²) in [5, 5.41) is 5.27. The van der Waals surface area contributed by atoms with Gasteiger partial charge in [0.25, 0.3) is 0 Å². The molecule has 0 spiro atoms. The van der Waals surface area contributed by atoms with Gasteiger partial charge in [-0.1, -0.05) is 23.2 Å². The van der Waals surface area contributed by atoms with E-state index in [1.165, 1.54) is 0 Å². The monoisotopic (exact) mass is 270 g/mol. The van der Waals surface area contributed by atoms with Crippen molar-refractivity contribution in [2.24, 2.45) is 12.9 Å². The Labute approximate surface area is 109 Å². The van der Waals surface area contributed by atoms with Crippen LogP contribution in [0.1, 0.15) is 17.3 Å². The van der Waals surface area contributed by atoms with Crippen molar-refractivity contribution in [2.75, 3.05) is 0 Å². The molecule has 0 saturated heterocycles. The number of nitrogens with zero attached hydrogens (tertiary/aromatic N) is 2. The standard InChI is InChI=1S/C11H12Cl2N4/c1-17-10(2-3-15-17)11(16-14)7-4-8(12)6-9(13)5-7/h2-6,11,16H,14H2,1H3. The van der Waals surface area contributed by atoms with Crippen molar-refractivity contribution in [3.8, 4) is 0 Å². The Kier molecular flexibility index (Phi) is 3.69. The van der Waals surface area contributed by atoms with Crippen molar-refractivity contribution >= 4 is 23.2 Å². The number of nitrogens with two attached hydrogens (primary N) is 1. The molecule has 17 heavy (non-hydrogen) atoms. The lowest BCUT2D eigenvalue weighted by atomic mass is 10.0. The van der Waals surface area contributed by atoms with Crippen LogP contribution < -0.4 is 11.3 Å². The fraction of sp³-hybridized carbons (Fsp3) is 0.182. The van der Waals surface area contributed by atoms with Gasteiger partial charge in [0.15, 0.2) is 0 Å². The first-order valence-electron chi connectivity index (χ1n) is 5.02. The molecule has 4 nitrogen and oxygen atoms in total. The Morgan fingerprint density at radius 2 is 1.94 bits per heavy atom. The zero-order valence-corrected chi connectivity index (χ0v) is 10.7. The lowest BCUT2D eigenvalue weighted by Gasteiger charge is -2.17. The highest BCUT2D eigenvalue weighted by Crippen LogP contribution is 2.26. The molecular formula is C11H12Cl2N4. The van der Waals surface area contributed by atoms with Gasteiger partial charge in [0, 0.05) is 23.3 Å². The number of aryl methyl sites for hydroxylation is 1. The Bertz CT molecular complexity index is 504. The predicted molar refractivity (Wildman–Crippen MR) is 68.8 cm³/mol. The molecule has 0 fully saturated rings. The molecular weight excluding hydrogens is 259 g/mol. The molecule has 0 amide bonds. The third kappa shape index (κ3) is 2.61. The number of rotatable bonds is 3. The molecule has 1 aromatic heterocycles. The summed E-state index contributed by atoms with van der Waals surface area (Å²) in [6.45, 7) is 0. The van der Waals surface area contributed by atoms with E-state index >= 15 is 0 Å². The maximum absolute atomic E-state index is 5.98. The van der Waals surface area contributed by atoms with Crippen molar-refractivity contribution in [1.82, 2.24) is 15.2 Å². The molecule has 0 aliphatic carbocycles. The number of hydrogen-bond donors (Lipinski definition) is 2. The number of hydrogen-bond acceptors (Lipinski definition) is 3. The molecule has 0 saturated carbocycles. The minimum atomic E-state index is -0.196. The average molecular weight is 271 g/mol. The average Bonchev–Trinajstić information content (AvgIpc) is 2.65. The van der Waals surface area contributed by atoms with E-state index < -0.39 is 0 Å². The minimum Gasteiger partial charge on any atom is -0.271 e. The summed E-state index contributed by atoms with van der Waals surface area (Å²) in [4.78, 5) is 0. The van der Waals surface area contributed by atoms with Gasteiger partial charge >= 0.3 is 0 Å². The number of nitrogens with one attached hydrogen (secondary N) is 1. The van der Waals surface area contributed by atoms with E-state index in [4.69, 9.17) is 29.0 Å². The van der Waals surface area contributed by atoms with Crippen molar-refractivity contribution in [3.05, 3.63) is 51.8 Å². The van der Waals surface area contributed by atoms with Crippen LogP contribution in [0.15, 0.2) is 30.5 Å². The van der Waals surface area contributed by atoms with Crippen LogP contribution in [0.25, 0.3) is 0 Å². The second-order valence-electron chi connectivity index (χ2n) is 3.68. The summed E-state index contributed by atoms with van der Waals surface area (Å²) >= 11 is 12.0. The van der Waals surface area contributed by atoms with Crippen molar-refractivity contribution in [2.45, 2.75) is 6.04 Å². The summed E-state index contributed by atoms with van der Waals surface area (Å²) in [7, 11) is 1.85. The Morgan fingerprint density at radius 3 is 2.41 bits per heavy atom. The van der Waals surface area contributed by atoms with Gasteiger partial charge in [-0.15, -0.1) is 0 Å². The molecule has 0 radical (unpaired) electrons. The molecule has 0 aliphatic rings. The van der Waals surface area contributed by atoms with Gasteiger partial charge in [-0.2, -0.15) is 5.10 Å². The molecule has 0 bridgehead atoms. The van der Waals surface area contributed by atoms with Gasteiger partial charge in [-0.3, -0.25) is 10.5 Å². The molecule has 2 aromatic rings. The van der Waals surface area contributed by atoms with Crippen LogP contribution >= 0.6 is 23.2 Å². The smallest absolute Gasteiger partial charge is 0.0879 e. The largest absolute Gasteiger partial charge is 0.271 e. The number of benzene rings is 1. The second-order valence-corrected chi connectivity index (χ2v) is 4.56. The van der Waals surface area contributed by atoms with E-state index in [9.17, 15) is 0 Å². The third-order valence-electron chi connectivity index (χ3n) is 2.54. The quantitative estimate of drug-likeness (QED) is 0.665. The Hall–Kier alpha value is -1.07. The zero-order valence-electron chi connectivity index (χ0n) is 9.19. The first-order chi connectivity index (χ1) is 8.11. The maximum atomic E-state index is 5.98. The van der Waals surface area contributed by atoms with E-state index in [-0.39, 0.29) is 6.04 Å². The number of halogens is 2. The highest BCUT2D eigenvalue weighted by molar-refractivity contribution is 6.34. The van der Waals surface area contributed by atoms with E-state index in [1.807, 2.05) is 25.2 Å². The summed E-state index contributed by atoms with van der Waals surface area (Å²) in [5.41, 5.74) is 4.57. The third-order valence-corrected chi connectivity index (χ3v) is 2.98. The topological polar surface area (TPSA) is 55.9 Å². The minimum absolute atomic E-state index is 0.196. The fourth-order valence-corrected chi connectivity index (χ4v) is 2.30. The van der Waals surface area contributed by atoms with Crippen LogP contribution in [0.2, 0.25) is 10.0 Å². The van der Waals surface area contributed by atoms with Crippen LogP contribution in [0, 0.1) is 0 Å². The normalized spacial score (nSPS) is 12.7. The molecule has 0 aliphatic heterocycles. The van der Waals surface area contributed by atoms with E-state index in [0.29, 0.717) is 10.0 Å². The molecule has 1 aromatic carbocycles. The summed E-state index contributed by atoms with van der Waals surface area (Å²) < 4.78 is 1.75. The number of hydrazine groups is 1. The molecule has 90 valence electrons. The molecule has 1 atom stereocenters. The van der Waals surface area contributed by atoms with E-state index in [2.05, 4.69) is 10.5 Å². The van der Waals surface area contributed by atoms with Crippen molar-refractivity contribution < 1.29 is 0 Å². The molecule has 3 N–H and O–H groups in total. The van der Waals surface area contributed by atoms with E-state index in [0.717, 1.165) is 11.3 Å². The molecule has 1 unspecified atom stereocenters. The highest BCUT2D eigenvalue weighted by Gasteiger charge is 2.16.